The number of hydrogen-bond donors (Lipinski definition) is 0. The first-order valence-corrected chi connectivity index (χ1v) is 7.54. The first-order chi connectivity index (χ1) is 10.1. The van der Waals surface area contributed by atoms with Crippen molar-refractivity contribution in [2.75, 3.05) is 0 Å². The topological polar surface area (TPSA) is 4.93 Å². The van der Waals surface area contributed by atoms with Crippen LogP contribution in [0.15, 0.2) is 55.2 Å². The highest BCUT2D eigenvalue weighted by molar-refractivity contribution is 6.31. The summed E-state index contributed by atoms with van der Waals surface area (Å²) >= 11 is 6.34. The normalized spacial score (nSPS) is 17.4. The second kappa shape index (κ2) is 4.51. The van der Waals surface area contributed by atoms with Gasteiger partial charge in [0, 0.05) is 29.7 Å². The molecular weight excluding hydrogens is 278 g/mol. The van der Waals surface area contributed by atoms with Crippen LogP contribution >= 0.6 is 11.6 Å². The lowest BCUT2D eigenvalue weighted by atomic mass is 9.92. The van der Waals surface area contributed by atoms with E-state index in [1.165, 1.54) is 33.2 Å². The minimum absolute atomic E-state index is 0.338. The summed E-state index contributed by atoms with van der Waals surface area (Å²) in [7, 11) is 2.08. The van der Waals surface area contributed by atoms with Crippen LogP contribution in [0.3, 0.4) is 0 Å². The maximum absolute atomic E-state index is 6.34. The van der Waals surface area contributed by atoms with Crippen LogP contribution in [0, 0.1) is 0 Å². The van der Waals surface area contributed by atoms with Gasteiger partial charge < -0.3 is 4.57 Å². The van der Waals surface area contributed by atoms with E-state index in [0.717, 1.165) is 11.4 Å². The number of halogens is 1. The van der Waals surface area contributed by atoms with Gasteiger partial charge in [0.1, 0.15) is 0 Å². The van der Waals surface area contributed by atoms with E-state index in [1.807, 2.05) is 12.1 Å². The molecule has 1 aromatic heterocycles. The summed E-state index contributed by atoms with van der Waals surface area (Å²) in [6.07, 6.45) is 3.05. The SMILES string of the molecule is C=C1c2cccc(Cl)c2CC1c1ccc2c(ccn2C)c1. The summed E-state index contributed by atoms with van der Waals surface area (Å²) < 4.78 is 2.15. The molecule has 3 aromatic rings. The average Bonchev–Trinajstić information content (AvgIpc) is 3.02. The quantitative estimate of drug-likeness (QED) is 0.582. The largest absolute Gasteiger partial charge is 0.351 e. The van der Waals surface area contributed by atoms with Gasteiger partial charge >= 0.3 is 0 Å². The Morgan fingerprint density at radius 3 is 2.86 bits per heavy atom. The van der Waals surface area contributed by atoms with E-state index >= 15 is 0 Å². The highest BCUT2D eigenvalue weighted by Gasteiger charge is 2.28. The zero-order valence-electron chi connectivity index (χ0n) is 11.9. The molecule has 1 nitrogen and oxygen atoms in total. The number of hydrogen-bond acceptors (Lipinski definition) is 0. The summed E-state index contributed by atoms with van der Waals surface area (Å²) in [6.45, 7) is 4.32. The molecule has 1 unspecified atom stereocenters. The van der Waals surface area contributed by atoms with Crippen LogP contribution in [0.1, 0.15) is 22.6 Å². The molecule has 0 aliphatic heterocycles. The maximum Gasteiger partial charge on any atom is 0.0477 e. The van der Waals surface area contributed by atoms with Gasteiger partial charge in [0.15, 0.2) is 0 Å². The van der Waals surface area contributed by atoms with E-state index in [2.05, 4.69) is 54.7 Å². The fourth-order valence-electron chi connectivity index (χ4n) is 3.42. The van der Waals surface area contributed by atoms with Gasteiger partial charge in [-0.2, -0.15) is 0 Å². The van der Waals surface area contributed by atoms with Gasteiger partial charge in [0.05, 0.1) is 0 Å². The summed E-state index contributed by atoms with van der Waals surface area (Å²) in [5.74, 6) is 0.338. The molecule has 0 amide bonds. The molecule has 1 heterocycles. The van der Waals surface area contributed by atoms with Crippen LogP contribution < -0.4 is 0 Å². The van der Waals surface area contributed by atoms with E-state index in [4.69, 9.17) is 11.6 Å². The van der Waals surface area contributed by atoms with Gasteiger partial charge in [-0.3, -0.25) is 0 Å². The first-order valence-electron chi connectivity index (χ1n) is 7.16. The number of aromatic nitrogens is 1. The lowest BCUT2D eigenvalue weighted by Crippen LogP contribution is -1.97. The van der Waals surface area contributed by atoms with Crippen molar-refractivity contribution < 1.29 is 0 Å². The Bertz CT molecular complexity index is 872. The molecule has 1 aliphatic carbocycles. The van der Waals surface area contributed by atoms with Crippen LogP contribution in [0.4, 0.5) is 0 Å². The van der Waals surface area contributed by atoms with Gasteiger partial charge in [0.2, 0.25) is 0 Å². The van der Waals surface area contributed by atoms with Crippen molar-refractivity contribution in [1.29, 1.82) is 0 Å². The van der Waals surface area contributed by atoms with Gasteiger partial charge in [0.25, 0.3) is 0 Å². The second-order valence-electron chi connectivity index (χ2n) is 5.79. The Morgan fingerprint density at radius 1 is 1.19 bits per heavy atom. The predicted molar refractivity (Wildman–Crippen MR) is 89.9 cm³/mol. The second-order valence-corrected chi connectivity index (χ2v) is 6.20. The molecular formula is C19H16ClN. The Kier molecular flexibility index (Phi) is 2.73. The van der Waals surface area contributed by atoms with Crippen molar-refractivity contribution in [3.63, 3.8) is 0 Å². The van der Waals surface area contributed by atoms with Gasteiger partial charge in [-0.25, -0.2) is 0 Å². The lowest BCUT2D eigenvalue weighted by Gasteiger charge is -2.12. The zero-order valence-corrected chi connectivity index (χ0v) is 12.7. The average molecular weight is 294 g/mol. The van der Waals surface area contributed by atoms with Crippen LogP contribution in [0.2, 0.25) is 5.02 Å². The number of fused-ring (bicyclic) bond motifs is 2. The fraction of sp³-hybridized carbons (Fsp3) is 0.158. The molecule has 1 atom stereocenters. The first kappa shape index (κ1) is 12.7. The molecule has 0 radical (unpaired) electrons. The van der Waals surface area contributed by atoms with Crippen molar-refractivity contribution >= 4 is 28.1 Å². The monoisotopic (exact) mass is 293 g/mol. The van der Waals surface area contributed by atoms with Crippen molar-refractivity contribution in [2.24, 2.45) is 7.05 Å². The van der Waals surface area contributed by atoms with Crippen LogP contribution in [0.5, 0.6) is 0 Å². The summed E-state index contributed by atoms with van der Waals surface area (Å²) in [5, 5.41) is 2.14. The fourth-order valence-corrected chi connectivity index (χ4v) is 3.67. The highest BCUT2D eigenvalue weighted by Crippen LogP contribution is 2.45. The zero-order chi connectivity index (χ0) is 14.6. The molecule has 0 bridgehead atoms. The molecule has 1 aliphatic rings. The number of allylic oxidation sites excluding steroid dienone is 1. The number of aryl methyl sites for hydroxylation is 1. The number of rotatable bonds is 1. The Labute approximate surface area is 129 Å². The van der Waals surface area contributed by atoms with E-state index in [-0.39, 0.29) is 0 Å². The Balaban J connectivity index is 1.80. The third-order valence-electron chi connectivity index (χ3n) is 4.61. The lowest BCUT2D eigenvalue weighted by molar-refractivity contribution is 0.900. The molecule has 0 fully saturated rings. The van der Waals surface area contributed by atoms with Crippen molar-refractivity contribution in [3.8, 4) is 0 Å². The summed E-state index contributed by atoms with van der Waals surface area (Å²) in [5.41, 5.74) is 6.23. The third-order valence-corrected chi connectivity index (χ3v) is 4.96. The van der Waals surface area contributed by atoms with Crippen LogP contribution in [0.25, 0.3) is 16.5 Å². The third kappa shape index (κ3) is 1.85. The number of benzene rings is 2. The number of nitrogens with zero attached hydrogens (tertiary/aromatic N) is 1. The van der Waals surface area contributed by atoms with E-state index in [1.54, 1.807) is 0 Å². The van der Waals surface area contributed by atoms with Gasteiger partial charge in [-0.1, -0.05) is 36.4 Å². The summed E-state index contributed by atoms with van der Waals surface area (Å²) in [4.78, 5) is 0. The van der Waals surface area contributed by atoms with Crippen LogP contribution in [-0.4, -0.2) is 4.57 Å². The van der Waals surface area contributed by atoms with E-state index in [0.29, 0.717) is 5.92 Å². The minimum Gasteiger partial charge on any atom is -0.351 e. The molecule has 0 spiro atoms. The highest BCUT2D eigenvalue weighted by atomic mass is 35.5. The van der Waals surface area contributed by atoms with E-state index in [9.17, 15) is 0 Å². The molecule has 2 aromatic carbocycles. The smallest absolute Gasteiger partial charge is 0.0477 e. The van der Waals surface area contributed by atoms with Crippen molar-refractivity contribution in [2.45, 2.75) is 12.3 Å². The van der Waals surface area contributed by atoms with Crippen molar-refractivity contribution in [3.05, 3.63) is 77.0 Å². The predicted octanol–water partition coefficient (Wildman–Crippen LogP) is 5.18. The van der Waals surface area contributed by atoms with Gasteiger partial charge in [-0.15, -0.1) is 0 Å². The summed E-state index contributed by atoms with van der Waals surface area (Å²) in [6, 6.07) is 15.0. The van der Waals surface area contributed by atoms with Crippen LogP contribution in [-0.2, 0) is 13.5 Å². The molecule has 0 saturated carbocycles. The molecule has 2 heteroatoms. The Hall–Kier alpha value is -1.99. The van der Waals surface area contributed by atoms with Crippen molar-refractivity contribution in [1.82, 2.24) is 4.57 Å². The molecule has 0 saturated heterocycles. The minimum atomic E-state index is 0.338. The molecule has 21 heavy (non-hydrogen) atoms. The Morgan fingerprint density at radius 2 is 2.05 bits per heavy atom. The molecule has 104 valence electrons. The van der Waals surface area contributed by atoms with Gasteiger partial charge in [-0.05, 0) is 58.3 Å². The molecule has 4 rings (SSSR count). The standard InChI is InChI=1S/C19H16ClN/c1-12-15-4-3-5-18(20)17(15)11-16(12)13-6-7-19-14(10-13)8-9-21(19)2/h3-10,16H,1,11H2,2H3. The maximum atomic E-state index is 6.34. The molecule has 0 N–H and O–H groups in total. The van der Waals surface area contributed by atoms with E-state index < -0.39 is 0 Å².